The number of anilines is 1. The van der Waals surface area contributed by atoms with E-state index in [0.29, 0.717) is 22.6 Å². The number of halogens is 3. The molecule has 140 valence electrons. The molecule has 0 saturated heterocycles. The third-order valence-electron chi connectivity index (χ3n) is 4.31. The molecular formula is C21H12F3NO3. The van der Waals surface area contributed by atoms with Crippen molar-refractivity contribution in [3.63, 3.8) is 0 Å². The summed E-state index contributed by atoms with van der Waals surface area (Å²) in [6.07, 6.45) is -4.41. The highest BCUT2D eigenvalue weighted by Crippen LogP contribution is 2.33. The number of rotatable bonds is 3. The number of carbonyl (C=O) groups excluding carboxylic acids is 2. The summed E-state index contributed by atoms with van der Waals surface area (Å²) >= 11 is 0. The van der Waals surface area contributed by atoms with Gasteiger partial charge in [0.2, 0.25) is 0 Å². The van der Waals surface area contributed by atoms with Crippen molar-refractivity contribution in [1.82, 2.24) is 0 Å². The molecular weight excluding hydrogens is 371 g/mol. The second kappa shape index (κ2) is 6.53. The monoisotopic (exact) mass is 383 g/mol. The first-order chi connectivity index (χ1) is 13.3. The van der Waals surface area contributed by atoms with Crippen LogP contribution >= 0.6 is 0 Å². The quantitative estimate of drug-likeness (QED) is 0.577. The van der Waals surface area contributed by atoms with Crippen molar-refractivity contribution in [2.45, 2.75) is 6.18 Å². The van der Waals surface area contributed by atoms with E-state index >= 15 is 0 Å². The molecule has 1 aliphatic rings. The maximum atomic E-state index is 12.6. The number of hydrogen-bond donors (Lipinski definition) is 0. The van der Waals surface area contributed by atoms with Crippen molar-refractivity contribution in [3.05, 3.63) is 89.5 Å². The summed E-state index contributed by atoms with van der Waals surface area (Å²) in [5.74, 6) is -0.212. The smallest absolute Gasteiger partial charge is 0.416 e. The van der Waals surface area contributed by atoms with Gasteiger partial charge in [0.1, 0.15) is 11.5 Å². The van der Waals surface area contributed by atoms with Crippen LogP contribution in [0.3, 0.4) is 0 Å². The first-order valence-corrected chi connectivity index (χ1v) is 8.27. The molecule has 1 aliphatic heterocycles. The fourth-order valence-corrected chi connectivity index (χ4v) is 2.94. The lowest BCUT2D eigenvalue weighted by Gasteiger charge is -2.14. The van der Waals surface area contributed by atoms with Crippen LogP contribution in [0.4, 0.5) is 18.9 Å². The van der Waals surface area contributed by atoms with Gasteiger partial charge in [-0.15, -0.1) is 0 Å². The van der Waals surface area contributed by atoms with Gasteiger partial charge in [0.15, 0.2) is 0 Å². The van der Waals surface area contributed by atoms with Gasteiger partial charge in [-0.1, -0.05) is 12.1 Å². The lowest BCUT2D eigenvalue weighted by atomic mass is 10.1. The van der Waals surface area contributed by atoms with Crippen molar-refractivity contribution in [2.24, 2.45) is 0 Å². The predicted octanol–water partition coefficient (Wildman–Crippen LogP) is 5.30. The first-order valence-electron chi connectivity index (χ1n) is 8.27. The summed E-state index contributed by atoms with van der Waals surface area (Å²) in [4.78, 5) is 26.0. The molecule has 7 heteroatoms. The molecule has 0 saturated carbocycles. The van der Waals surface area contributed by atoms with Crippen LogP contribution in [0.15, 0.2) is 72.8 Å². The maximum Gasteiger partial charge on any atom is 0.416 e. The molecule has 4 rings (SSSR count). The summed E-state index contributed by atoms with van der Waals surface area (Å²) in [7, 11) is 0. The topological polar surface area (TPSA) is 46.6 Å². The molecule has 0 radical (unpaired) electrons. The zero-order valence-corrected chi connectivity index (χ0v) is 14.2. The van der Waals surface area contributed by atoms with Gasteiger partial charge in [-0.2, -0.15) is 13.2 Å². The number of amides is 2. The van der Waals surface area contributed by atoms with Crippen LogP contribution in [0.5, 0.6) is 11.5 Å². The molecule has 1 heterocycles. The highest BCUT2D eigenvalue weighted by Gasteiger charge is 2.36. The molecule has 0 atom stereocenters. The lowest BCUT2D eigenvalue weighted by Crippen LogP contribution is -2.29. The third kappa shape index (κ3) is 3.11. The number of benzene rings is 3. The van der Waals surface area contributed by atoms with E-state index in [2.05, 4.69) is 0 Å². The Kier molecular flexibility index (Phi) is 4.15. The number of carbonyl (C=O) groups is 2. The van der Waals surface area contributed by atoms with Crippen molar-refractivity contribution in [2.75, 3.05) is 4.90 Å². The predicted molar refractivity (Wildman–Crippen MR) is 95.5 cm³/mol. The number of nitrogens with zero attached hydrogens (tertiary/aromatic N) is 1. The summed E-state index contributed by atoms with van der Waals surface area (Å²) in [5, 5.41) is 0. The molecule has 0 fully saturated rings. The van der Waals surface area contributed by atoms with E-state index in [0.717, 1.165) is 17.0 Å². The Morgan fingerprint density at radius 3 is 1.61 bits per heavy atom. The van der Waals surface area contributed by atoms with E-state index in [4.69, 9.17) is 4.74 Å². The van der Waals surface area contributed by atoms with Crippen LogP contribution < -0.4 is 9.64 Å². The van der Waals surface area contributed by atoms with E-state index in [9.17, 15) is 22.8 Å². The second-order valence-electron chi connectivity index (χ2n) is 6.11. The molecule has 0 aliphatic carbocycles. The number of alkyl halides is 3. The van der Waals surface area contributed by atoms with Gasteiger partial charge in [0, 0.05) is 0 Å². The zero-order valence-electron chi connectivity index (χ0n) is 14.2. The van der Waals surface area contributed by atoms with E-state index in [1.165, 1.54) is 24.3 Å². The van der Waals surface area contributed by atoms with Gasteiger partial charge in [-0.05, 0) is 60.7 Å². The SMILES string of the molecule is O=C1c2ccccc2C(=O)N1c1ccc(Oc2ccc(C(F)(F)F)cc2)cc1. The van der Waals surface area contributed by atoms with Crippen LogP contribution in [0.1, 0.15) is 26.3 Å². The van der Waals surface area contributed by atoms with Crippen LogP contribution in [0.25, 0.3) is 0 Å². The van der Waals surface area contributed by atoms with Crippen molar-refractivity contribution in [1.29, 1.82) is 0 Å². The van der Waals surface area contributed by atoms with Crippen LogP contribution in [-0.4, -0.2) is 11.8 Å². The highest BCUT2D eigenvalue weighted by atomic mass is 19.4. The highest BCUT2D eigenvalue weighted by molar-refractivity contribution is 6.34. The Labute approximate surface area is 157 Å². The fourth-order valence-electron chi connectivity index (χ4n) is 2.94. The molecule has 0 aromatic heterocycles. The van der Waals surface area contributed by atoms with Crippen LogP contribution in [0.2, 0.25) is 0 Å². The van der Waals surface area contributed by atoms with E-state index in [1.54, 1.807) is 36.4 Å². The lowest BCUT2D eigenvalue weighted by molar-refractivity contribution is -0.137. The van der Waals surface area contributed by atoms with E-state index in [-0.39, 0.29) is 5.75 Å². The minimum Gasteiger partial charge on any atom is -0.457 e. The van der Waals surface area contributed by atoms with Crippen LogP contribution in [0, 0.1) is 0 Å². The van der Waals surface area contributed by atoms with E-state index < -0.39 is 23.6 Å². The maximum absolute atomic E-state index is 12.6. The van der Waals surface area contributed by atoms with Gasteiger partial charge in [0.25, 0.3) is 11.8 Å². The van der Waals surface area contributed by atoms with Gasteiger partial charge >= 0.3 is 6.18 Å². The Morgan fingerprint density at radius 1 is 0.679 bits per heavy atom. The van der Waals surface area contributed by atoms with Gasteiger partial charge in [0.05, 0.1) is 22.4 Å². The largest absolute Gasteiger partial charge is 0.457 e. The molecule has 28 heavy (non-hydrogen) atoms. The van der Waals surface area contributed by atoms with Crippen molar-refractivity contribution >= 4 is 17.5 Å². The Hall–Kier alpha value is -3.61. The van der Waals surface area contributed by atoms with Gasteiger partial charge < -0.3 is 4.74 Å². The van der Waals surface area contributed by atoms with Crippen molar-refractivity contribution < 1.29 is 27.5 Å². The van der Waals surface area contributed by atoms with Crippen LogP contribution in [-0.2, 0) is 6.18 Å². The number of fused-ring (bicyclic) bond motifs is 1. The summed E-state index contributed by atoms with van der Waals surface area (Å²) in [6, 6.07) is 17.0. The molecule has 3 aromatic carbocycles. The standard InChI is InChI=1S/C21H12F3NO3/c22-21(23,24)13-5-9-15(10-6-13)28-16-11-7-14(8-12-16)25-19(26)17-3-1-2-4-18(17)20(25)27/h1-12H. The first kappa shape index (κ1) is 17.8. The molecule has 0 unspecified atom stereocenters. The number of hydrogen-bond acceptors (Lipinski definition) is 3. The van der Waals surface area contributed by atoms with Gasteiger partial charge in [-0.3, -0.25) is 9.59 Å². The normalized spacial score (nSPS) is 13.6. The molecule has 3 aromatic rings. The second-order valence-corrected chi connectivity index (χ2v) is 6.11. The summed E-state index contributed by atoms with van der Waals surface area (Å²) < 4.78 is 43.3. The van der Waals surface area contributed by atoms with Gasteiger partial charge in [-0.25, -0.2) is 4.90 Å². The molecule has 0 N–H and O–H groups in total. The number of ether oxygens (including phenoxy) is 1. The Bertz CT molecular complexity index is 1020. The molecule has 2 amide bonds. The molecule has 0 bridgehead atoms. The fraction of sp³-hybridized carbons (Fsp3) is 0.0476. The van der Waals surface area contributed by atoms with E-state index in [1.807, 2.05) is 0 Å². The van der Waals surface area contributed by atoms with Crippen molar-refractivity contribution in [3.8, 4) is 11.5 Å². The molecule has 4 nitrogen and oxygen atoms in total. The summed E-state index contributed by atoms with van der Waals surface area (Å²) in [6.45, 7) is 0. The number of imide groups is 1. The average molecular weight is 383 g/mol. The molecule has 0 spiro atoms. The minimum absolute atomic E-state index is 0.237. The minimum atomic E-state index is -4.41. The third-order valence-corrected chi connectivity index (χ3v) is 4.31. The Morgan fingerprint density at radius 2 is 1.14 bits per heavy atom. The summed E-state index contributed by atoms with van der Waals surface area (Å²) in [5.41, 5.74) is 0.307. The average Bonchev–Trinajstić information content (AvgIpc) is 2.93. The Balaban J connectivity index is 1.52. The zero-order chi connectivity index (χ0) is 19.9.